The molecule has 1 aliphatic rings. The zero-order chi connectivity index (χ0) is 10.7. The Balaban J connectivity index is 2.04. The van der Waals surface area contributed by atoms with Crippen LogP contribution in [0.2, 0.25) is 0 Å². The van der Waals surface area contributed by atoms with Crippen LogP contribution in [-0.4, -0.2) is 6.61 Å². The van der Waals surface area contributed by atoms with Crippen molar-refractivity contribution in [1.82, 2.24) is 5.32 Å². The fourth-order valence-electron chi connectivity index (χ4n) is 1.83. The third-order valence-corrected chi connectivity index (χ3v) is 2.79. The van der Waals surface area contributed by atoms with E-state index >= 15 is 0 Å². The Morgan fingerprint density at radius 1 is 1.27 bits per heavy atom. The maximum Gasteiger partial charge on any atom is 0.112 e. The maximum atomic E-state index is 5.42. The number of allylic oxidation sites excluding steroid dienone is 1. The Morgan fingerprint density at radius 3 is 2.60 bits per heavy atom. The molecule has 1 aromatic carbocycles. The van der Waals surface area contributed by atoms with Gasteiger partial charge in [0.1, 0.15) is 5.76 Å². The lowest BCUT2D eigenvalue weighted by molar-refractivity contribution is 0.246. The first-order valence-corrected chi connectivity index (χ1v) is 5.41. The van der Waals surface area contributed by atoms with E-state index in [0.29, 0.717) is 6.04 Å². The van der Waals surface area contributed by atoms with Crippen LogP contribution in [0.25, 0.3) is 0 Å². The predicted octanol–water partition coefficient (Wildman–Crippen LogP) is 2.99. The zero-order valence-corrected chi connectivity index (χ0v) is 9.29. The summed E-state index contributed by atoms with van der Waals surface area (Å²) in [5.74, 6) is 1.04. The lowest BCUT2D eigenvalue weighted by Crippen LogP contribution is -2.17. The van der Waals surface area contributed by atoms with Crippen molar-refractivity contribution in [3.8, 4) is 0 Å². The van der Waals surface area contributed by atoms with Crippen molar-refractivity contribution in [2.75, 3.05) is 6.61 Å². The van der Waals surface area contributed by atoms with Crippen molar-refractivity contribution < 1.29 is 4.74 Å². The molecule has 0 spiro atoms. The van der Waals surface area contributed by atoms with Crippen LogP contribution in [-0.2, 0) is 4.74 Å². The van der Waals surface area contributed by atoms with Crippen molar-refractivity contribution in [2.24, 2.45) is 0 Å². The van der Waals surface area contributed by atoms with Crippen LogP contribution in [0.5, 0.6) is 0 Å². The van der Waals surface area contributed by atoms with E-state index in [2.05, 4.69) is 36.5 Å². The second-order valence-corrected chi connectivity index (χ2v) is 3.91. The zero-order valence-electron chi connectivity index (χ0n) is 9.29. The molecule has 0 saturated heterocycles. The van der Waals surface area contributed by atoms with Crippen molar-refractivity contribution >= 4 is 0 Å². The van der Waals surface area contributed by atoms with Crippen LogP contribution in [0.4, 0.5) is 0 Å². The van der Waals surface area contributed by atoms with Crippen LogP contribution in [0.3, 0.4) is 0 Å². The van der Waals surface area contributed by atoms with E-state index in [1.807, 2.05) is 13.0 Å². The van der Waals surface area contributed by atoms with Crippen LogP contribution in [0.1, 0.15) is 31.9 Å². The summed E-state index contributed by atoms with van der Waals surface area (Å²) >= 11 is 0. The highest BCUT2D eigenvalue weighted by atomic mass is 16.5. The third-order valence-electron chi connectivity index (χ3n) is 2.79. The van der Waals surface area contributed by atoms with Crippen molar-refractivity contribution in [2.45, 2.75) is 26.3 Å². The smallest absolute Gasteiger partial charge is 0.112 e. The first-order valence-electron chi connectivity index (χ1n) is 5.41. The predicted molar refractivity (Wildman–Crippen MR) is 61.3 cm³/mol. The molecule has 1 heterocycles. The third kappa shape index (κ3) is 2.32. The molecular weight excluding hydrogens is 186 g/mol. The molecule has 2 heteroatoms. The number of nitrogens with one attached hydrogen (secondary N) is 1. The Labute approximate surface area is 91.0 Å². The van der Waals surface area contributed by atoms with Gasteiger partial charge in [-0.3, -0.25) is 0 Å². The van der Waals surface area contributed by atoms with E-state index in [9.17, 15) is 0 Å². The molecule has 1 aromatic rings. The van der Waals surface area contributed by atoms with Gasteiger partial charge in [0, 0.05) is 12.5 Å². The van der Waals surface area contributed by atoms with E-state index in [1.165, 1.54) is 11.3 Å². The fourth-order valence-corrected chi connectivity index (χ4v) is 1.83. The summed E-state index contributed by atoms with van der Waals surface area (Å²) in [4.78, 5) is 0. The minimum absolute atomic E-state index is 0.345. The standard InChI is InChI=1S/C13H17NO/c1-10(12-6-4-3-5-7-12)14-13-8-9-15-11(13)2/h3-7,10,14H,8-9H2,1-2H3. The highest BCUT2D eigenvalue weighted by molar-refractivity contribution is 5.21. The lowest BCUT2D eigenvalue weighted by atomic mass is 10.1. The Morgan fingerprint density at radius 2 is 2.00 bits per heavy atom. The minimum Gasteiger partial charge on any atom is -0.496 e. The first-order chi connectivity index (χ1) is 7.27. The summed E-state index contributed by atoms with van der Waals surface area (Å²) in [6.45, 7) is 5.01. The molecule has 0 aliphatic carbocycles. The van der Waals surface area contributed by atoms with E-state index in [0.717, 1.165) is 18.8 Å². The average Bonchev–Trinajstić information content (AvgIpc) is 2.66. The van der Waals surface area contributed by atoms with Gasteiger partial charge in [-0.25, -0.2) is 0 Å². The molecule has 2 rings (SSSR count). The number of ether oxygens (including phenoxy) is 1. The molecule has 80 valence electrons. The molecule has 1 N–H and O–H groups in total. The molecule has 0 radical (unpaired) electrons. The molecule has 0 fully saturated rings. The highest BCUT2D eigenvalue weighted by Gasteiger charge is 2.14. The van der Waals surface area contributed by atoms with Crippen molar-refractivity contribution in [3.05, 3.63) is 47.4 Å². The monoisotopic (exact) mass is 203 g/mol. The van der Waals surface area contributed by atoms with Crippen LogP contribution >= 0.6 is 0 Å². The summed E-state index contributed by atoms with van der Waals surface area (Å²) in [7, 11) is 0. The topological polar surface area (TPSA) is 21.3 Å². The quantitative estimate of drug-likeness (QED) is 0.815. The molecule has 0 aromatic heterocycles. The average molecular weight is 203 g/mol. The summed E-state index contributed by atoms with van der Waals surface area (Å²) in [5.41, 5.74) is 2.55. The SMILES string of the molecule is CC1=C(NC(C)c2ccccc2)CCO1. The second kappa shape index (κ2) is 4.39. The number of benzene rings is 1. The fraction of sp³-hybridized carbons (Fsp3) is 0.385. The minimum atomic E-state index is 0.345. The largest absolute Gasteiger partial charge is 0.496 e. The highest BCUT2D eigenvalue weighted by Crippen LogP contribution is 2.20. The lowest BCUT2D eigenvalue weighted by Gasteiger charge is -2.16. The van der Waals surface area contributed by atoms with Crippen molar-refractivity contribution in [3.63, 3.8) is 0 Å². The Hall–Kier alpha value is -1.44. The van der Waals surface area contributed by atoms with E-state index < -0.39 is 0 Å². The maximum absolute atomic E-state index is 5.42. The summed E-state index contributed by atoms with van der Waals surface area (Å²) in [6, 6.07) is 10.8. The van der Waals surface area contributed by atoms with Gasteiger partial charge < -0.3 is 10.1 Å². The van der Waals surface area contributed by atoms with Gasteiger partial charge in [-0.1, -0.05) is 30.3 Å². The molecule has 2 nitrogen and oxygen atoms in total. The van der Waals surface area contributed by atoms with Gasteiger partial charge in [-0.05, 0) is 19.4 Å². The summed E-state index contributed by atoms with van der Waals surface area (Å²) in [5, 5.41) is 3.50. The van der Waals surface area contributed by atoms with Crippen LogP contribution in [0, 0.1) is 0 Å². The van der Waals surface area contributed by atoms with Gasteiger partial charge in [0.15, 0.2) is 0 Å². The molecule has 0 saturated carbocycles. The van der Waals surface area contributed by atoms with E-state index in [4.69, 9.17) is 4.74 Å². The second-order valence-electron chi connectivity index (χ2n) is 3.91. The molecule has 1 unspecified atom stereocenters. The van der Waals surface area contributed by atoms with Gasteiger partial charge in [0.2, 0.25) is 0 Å². The molecule has 1 aliphatic heterocycles. The normalized spacial score (nSPS) is 17.5. The van der Waals surface area contributed by atoms with Gasteiger partial charge in [-0.15, -0.1) is 0 Å². The summed E-state index contributed by atoms with van der Waals surface area (Å²) in [6.07, 6.45) is 1.00. The van der Waals surface area contributed by atoms with Crippen LogP contribution in [0.15, 0.2) is 41.8 Å². The van der Waals surface area contributed by atoms with Gasteiger partial charge in [-0.2, -0.15) is 0 Å². The molecule has 0 amide bonds. The van der Waals surface area contributed by atoms with Crippen LogP contribution < -0.4 is 5.32 Å². The van der Waals surface area contributed by atoms with E-state index in [-0.39, 0.29) is 0 Å². The number of hydrogen-bond donors (Lipinski definition) is 1. The van der Waals surface area contributed by atoms with Gasteiger partial charge in [0.25, 0.3) is 0 Å². The summed E-state index contributed by atoms with van der Waals surface area (Å²) < 4.78 is 5.42. The van der Waals surface area contributed by atoms with E-state index in [1.54, 1.807) is 0 Å². The molecule has 15 heavy (non-hydrogen) atoms. The molecular formula is C13H17NO. The molecule has 1 atom stereocenters. The Bertz CT molecular complexity index is 356. The van der Waals surface area contributed by atoms with Gasteiger partial charge in [0.05, 0.1) is 12.3 Å². The van der Waals surface area contributed by atoms with Gasteiger partial charge >= 0.3 is 0 Å². The molecule has 0 bridgehead atoms. The number of hydrogen-bond acceptors (Lipinski definition) is 2. The Kier molecular flexibility index (Phi) is 2.95. The number of rotatable bonds is 3. The first kappa shape index (κ1) is 10.1. The van der Waals surface area contributed by atoms with Crippen molar-refractivity contribution in [1.29, 1.82) is 0 Å².